The summed E-state index contributed by atoms with van der Waals surface area (Å²) in [5, 5.41) is 3.11. The highest BCUT2D eigenvalue weighted by Gasteiger charge is 2.16. The summed E-state index contributed by atoms with van der Waals surface area (Å²) in [7, 11) is 0. The molecule has 0 fully saturated rings. The van der Waals surface area contributed by atoms with Gasteiger partial charge in [0.25, 0.3) is 0 Å². The molecule has 0 saturated carbocycles. The summed E-state index contributed by atoms with van der Waals surface area (Å²) in [5.41, 5.74) is 7.13. The van der Waals surface area contributed by atoms with Crippen LogP contribution >= 0.6 is 0 Å². The van der Waals surface area contributed by atoms with E-state index in [4.69, 9.17) is 5.73 Å². The summed E-state index contributed by atoms with van der Waals surface area (Å²) in [6.07, 6.45) is 0.633. The Kier molecular flexibility index (Phi) is 4.85. The number of hydrogen-bond donors (Lipinski definition) is 2. The smallest absolute Gasteiger partial charge is 0.239 e. The highest BCUT2D eigenvalue weighted by atomic mass is 19.1. The van der Waals surface area contributed by atoms with Crippen LogP contribution in [0.4, 0.5) is 4.39 Å². The average molecular weight is 272 g/mol. The molecule has 0 aliphatic heterocycles. The largest absolute Gasteiger partial charge is 0.368 e. The van der Waals surface area contributed by atoms with Crippen molar-refractivity contribution in [3.63, 3.8) is 0 Å². The molecule has 1 amide bonds. The van der Waals surface area contributed by atoms with Gasteiger partial charge in [0.15, 0.2) is 0 Å². The lowest BCUT2D eigenvalue weighted by Gasteiger charge is -2.15. The SMILES string of the molecule is NC(=O)[C@@H](NCCc1cccc(F)c1)c1ccccc1. The molecule has 0 bridgehead atoms. The van der Waals surface area contributed by atoms with E-state index in [2.05, 4.69) is 5.32 Å². The zero-order valence-electron chi connectivity index (χ0n) is 11.1. The molecule has 2 rings (SSSR count). The predicted octanol–water partition coefficient (Wildman–Crippen LogP) is 2.18. The molecule has 0 radical (unpaired) electrons. The van der Waals surface area contributed by atoms with Crippen molar-refractivity contribution in [2.24, 2.45) is 5.73 Å². The highest BCUT2D eigenvalue weighted by Crippen LogP contribution is 2.12. The van der Waals surface area contributed by atoms with Crippen molar-refractivity contribution in [2.45, 2.75) is 12.5 Å². The number of hydrogen-bond acceptors (Lipinski definition) is 2. The van der Waals surface area contributed by atoms with E-state index in [-0.39, 0.29) is 5.82 Å². The molecule has 3 N–H and O–H groups in total. The molecule has 104 valence electrons. The van der Waals surface area contributed by atoms with E-state index in [1.807, 2.05) is 36.4 Å². The molecular weight excluding hydrogens is 255 g/mol. The maximum atomic E-state index is 13.1. The maximum absolute atomic E-state index is 13.1. The van der Waals surface area contributed by atoms with Gasteiger partial charge in [-0.05, 0) is 29.7 Å². The number of rotatable bonds is 6. The van der Waals surface area contributed by atoms with Crippen LogP contribution in [0.3, 0.4) is 0 Å². The summed E-state index contributed by atoms with van der Waals surface area (Å²) in [6.45, 7) is 0.548. The van der Waals surface area contributed by atoms with Gasteiger partial charge in [-0.1, -0.05) is 42.5 Å². The van der Waals surface area contributed by atoms with Crippen molar-refractivity contribution in [1.82, 2.24) is 5.32 Å². The first-order chi connectivity index (χ1) is 9.66. The quantitative estimate of drug-likeness (QED) is 0.847. The van der Waals surface area contributed by atoms with E-state index in [0.29, 0.717) is 13.0 Å². The third-order valence-electron chi connectivity index (χ3n) is 3.07. The summed E-state index contributed by atoms with van der Waals surface area (Å²) < 4.78 is 13.1. The Morgan fingerprint density at radius 1 is 1.15 bits per heavy atom. The van der Waals surface area contributed by atoms with Gasteiger partial charge in [0.2, 0.25) is 5.91 Å². The van der Waals surface area contributed by atoms with Crippen molar-refractivity contribution in [1.29, 1.82) is 0 Å². The fourth-order valence-electron chi connectivity index (χ4n) is 2.08. The van der Waals surface area contributed by atoms with Crippen LogP contribution in [0, 0.1) is 5.82 Å². The second-order valence-electron chi connectivity index (χ2n) is 4.58. The number of carbonyl (C=O) groups is 1. The Balaban J connectivity index is 1.95. The number of nitrogens with one attached hydrogen (secondary N) is 1. The van der Waals surface area contributed by atoms with Crippen LogP contribution in [-0.4, -0.2) is 12.5 Å². The minimum atomic E-state index is -0.523. The van der Waals surface area contributed by atoms with E-state index in [0.717, 1.165) is 11.1 Å². The number of primary amides is 1. The third kappa shape index (κ3) is 3.90. The molecule has 0 saturated heterocycles. The maximum Gasteiger partial charge on any atom is 0.239 e. The molecule has 0 aliphatic rings. The minimum Gasteiger partial charge on any atom is -0.368 e. The van der Waals surface area contributed by atoms with Crippen molar-refractivity contribution in [3.8, 4) is 0 Å². The molecule has 0 heterocycles. The van der Waals surface area contributed by atoms with Gasteiger partial charge in [-0.2, -0.15) is 0 Å². The highest BCUT2D eigenvalue weighted by molar-refractivity contribution is 5.81. The fraction of sp³-hybridized carbons (Fsp3) is 0.188. The van der Waals surface area contributed by atoms with Crippen molar-refractivity contribution >= 4 is 5.91 Å². The molecule has 0 unspecified atom stereocenters. The molecule has 20 heavy (non-hydrogen) atoms. The molecule has 2 aromatic rings. The van der Waals surface area contributed by atoms with Gasteiger partial charge >= 0.3 is 0 Å². The summed E-state index contributed by atoms with van der Waals surface area (Å²) in [4.78, 5) is 11.5. The van der Waals surface area contributed by atoms with Gasteiger partial charge < -0.3 is 11.1 Å². The van der Waals surface area contributed by atoms with Crippen molar-refractivity contribution in [2.75, 3.05) is 6.54 Å². The Morgan fingerprint density at radius 2 is 1.90 bits per heavy atom. The monoisotopic (exact) mass is 272 g/mol. The Morgan fingerprint density at radius 3 is 2.55 bits per heavy atom. The molecule has 3 nitrogen and oxygen atoms in total. The Labute approximate surface area is 117 Å². The van der Waals surface area contributed by atoms with Crippen LogP contribution in [0.1, 0.15) is 17.2 Å². The number of halogens is 1. The van der Waals surface area contributed by atoms with Gasteiger partial charge in [0.05, 0.1) is 0 Å². The first kappa shape index (κ1) is 14.2. The van der Waals surface area contributed by atoms with Crippen LogP contribution in [0.25, 0.3) is 0 Å². The van der Waals surface area contributed by atoms with E-state index in [1.54, 1.807) is 6.07 Å². The zero-order chi connectivity index (χ0) is 14.4. The normalized spacial score (nSPS) is 12.1. The lowest BCUT2D eigenvalue weighted by atomic mass is 10.1. The van der Waals surface area contributed by atoms with Crippen LogP contribution in [0.15, 0.2) is 54.6 Å². The number of carbonyl (C=O) groups excluding carboxylic acids is 1. The summed E-state index contributed by atoms with van der Waals surface area (Å²) in [5.74, 6) is -0.674. The van der Waals surface area contributed by atoms with Crippen molar-refractivity contribution in [3.05, 3.63) is 71.5 Å². The lowest BCUT2D eigenvalue weighted by molar-refractivity contribution is -0.120. The van der Waals surface area contributed by atoms with Crippen molar-refractivity contribution < 1.29 is 9.18 Å². The standard InChI is InChI=1S/C16H17FN2O/c17-14-8-4-5-12(11-14)9-10-19-15(16(18)20)13-6-2-1-3-7-13/h1-8,11,15,19H,9-10H2,(H2,18,20)/t15-/m0/s1. The zero-order valence-corrected chi connectivity index (χ0v) is 11.1. The van der Waals surface area contributed by atoms with Gasteiger partial charge in [0.1, 0.15) is 11.9 Å². The number of benzene rings is 2. The van der Waals surface area contributed by atoms with E-state index in [9.17, 15) is 9.18 Å². The first-order valence-corrected chi connectivity index (χ1v) is 6.49. The number of nitrogens with two attached hydrogens (primary N) is 1. The second kappa shape index (κ2) is 6.82. The van der Waals surface area contributed by atoms with Gasteiger partial charge in [-0.25, -0.2) is 4.39 Å². The Hall–Kier alpha value is -2.20. The number of amides is 1. The topological polar surface area (TPSA) is 55.1 Å². The third-order valence-corrected chi connectivity index (χ3v) is 3.07. The summed E-state index contributed by atoms with van der Waals surface area (Å²) >= 11 is 0. The molecule has 2 aromatic carbocycles. The predicted molar refractivity (Wildman–Crippen MR) is 76.5 cm³/mol. The average Bonchev–Trinajstić information content (AvgIpc) is 2.44. The van der Waals surface area contributed by atoms with Crippen LogP contribution in [0.5, 0.6) is 0 Å². The minimum absolute atomic E-state index is 0.253. The van der Waals surface area contributed by atoms with Crippen LogP contribution in [0.2, 0.25) is 0 Å². The summed E-state index contributed by atoms with van der Waals surface area (Å²) in [6, 6.07) is 15.2. The van der Waals surface area contributed by atoms with Gasteiger partial charge in [-0.3, -0.25) is 4.79 Å². The molecular formula is C16H17FN2O. The van der Waals surface area contributed by atoms with E-state index < -0.39 is 11.9 Å². The van der Waals surface area contributed by atoms with Crippen LogP contribution < -0.4 is 11.1 Å². The molecule has 4 heteroatoms. The molecule has 0 aliphatic carbocycles. The van der Waals surface area contributed by atoms with E-state index >= 15 is 0 Å². The lowest BCUT2D eigenvalue weighted by Crippen LogP contribution is -2.34. The van der Waals surface area contributed by atoms with Gasteiger partial charge in [0, 0.05) is 6.54 Å². The second-order valence-corrected chi connectivity index (χ2v) is 4.58. The van der Waals surface area contributed by atoms with E-state index in [1.165, 1.54) is 12.1 Å². The van der Waals surface area contributed by atoms with Crippen LogP contribution in [-0.2, 0) is 11.2 Å². The first-order valence-electron chi connectivity index (χ1n) is 6.49. The molecule has 0 spiro atoms. The Bertz CT molecular complexity index is 572. The van der Waals surface area contributed by atoms with Gasteiger partial charge in [-0.15, -0.1) is 0 Å². The molecule has 1 atom stereocenters. The fourth-order valence-corrected chi connectivity index (χ4v) is 2.08. The molecule has 0 aromatic heterocycles.